The highest BCUT2D eigenvalue weighted by molar-refractivity contribution is 4.80. The molecular formula is C20H42O2. The topological polar surface area (TPSA) is 29.5 Å². The van der Waals surface area contributed by atoms with Gasteiger partial charge in [-0.15, -0.1) is 0 Å². The van der Waals surface area contributed by atoms with Crippen molar-refractivity contribution >= 4 is 0 Å². The van der Waals surface area contributed by atoms with Crippen LogP contribution in [-0.4, -0.2) is 23.9 Å². The molecular weight excluding hydrogens is 272 g/mol. The summed E-state index contributed by atoms with van der Waals surface area (Å²) in [4.78, 5) is 0. The third-order valence-corrected chi connectivity index (χ3v) is 5.49. The Morgan fingerprint density at radius 2 is 1.41 bits per heavy atom. The minimum absolute atomic E-state index is 0.0662. The van der Waals surface area contributed by atoms with Gasteiger partial charge in [-0.05, 0) is 55.8 Å². The smallest absolute Gasteiger partial charge is 0.0626 e. The molecule has 134 valence electrons. The second kappa shape index (κ2) is 8.68. The van der Waals surface area contributed by atoms with Gasteiger partial charge in [0.2, 0.25) is 0 Å². The lowest BCUT2D eigenvalue weighted by Gasteiger charge is -2.38. The van der Waals surface area contributed by atoms with Crippen molar-refractivity contribution in [3.05, 3.63) is 0 Å². The van der Waals surface area contributed by atoms with Gasteiger partial charge < -0.3 is 9.84 Å². The molecule has 2 nitrogen and oxygen atoms in total. The molecule has 0 aliphatic carbocycles. The zero-order chi connectivity index (χ0) is 17.6. The van der Waals surface area contributed by atoms with Gasteiger partial charge in [0.05, 0.1) is 12.2 Å². The Balaban J connectivity index is 4.30. The number of aliphatic hydroxyl groups is 1. The first kappa shape index (κ1) is 21.9. The van der Waals surface area contributed by atoms with Crippen LogP contribution < -0.4 is 0 Å². The maximum Gasteiger partial charge on any atom is 0.0626 e. The fourth-order valence-corrected chi connectivity index (χ4v) is 2.91. The van der Waals surface area contributed by atoms with Crippen molar-refractivity contribution in [3.8, 4) is 0 Å². The van der Waals surface area contributed by atoms with E-state index in [-0.39, 0.29) is 23.0 Å². The normalized spacial score (nSPS) is 15.4. The molecule has 0 aromatic rings. The first-order valence-electron chi connectivity index (χ1n) is 9.08. The molecule has 0 aromatic carbocycles. The van der Waals surface area contributed by atoms with Crippen molar-refractivity contribution in [2.45, 2.75) is 93.6 Å². The summed E-state index contributed by atoms with van der Waals surface area (Å²) < 4.78 is 6.29. The third kappa shape index (κ3) is 8.53. The molecule has 2 heteroatoms. The summed E-state index contributed by atoms with van der Waals surface area (Å²) in [6.45, 7) is 21.6. The van der Waals surface area contributed by atoms with E-state index >= 15 is 0 Å². The van der Waals surface area contributed by atoms with Crippen LogP contribution in [0.25, 0.3) is 0 Å². The van der Waals surface area contributed by atoms with Crippen LogP contribution in [0, 0.1) is 22.7 Å². The quantitative estimate of drug-likeness (QED) is 0.531. The molecule has 0 unspecified atom stereocenters. The van der Waals surface area contributed by atoms with Gasteiger partial charge in [0.15, 0.2) is 0 Å². The zero-order valence-electron chi connectivity index (χ0n) is 16.8. The molecule has 0 saturated heterocycles. The SMILES string of the molecule is CC(C)[C@@H](C)C(C)(C)COC(C)(C)CCCC(C)(C)CCO. The van der Waals surface area contributed by atoms with E-state index in [4.69, 9.17) is 9.84 Å². The zero-order valence-corrected chi connectivity index (χ0v) is 16.8. The lowest BCUT2D eigenvalue weighted by atomic mass is 9.74. The van der Waals surface area contributed by atoms with E-state index in [1.54, 1.807) is 0 Å². The maximum absolute atomic E-state index is 9.11. The van der Waals surface area contributed by atoms with Gasteiger partial charge in [0.25, 0.3) is 0 Å². The molecule has 0 rings (SSSR count). The van der Waals surface area contributed by atoms with Crippen molar-refractivity contribution in [1.82, 2.24) is 0 Å². The highest BCUT2D eigenvalue weighted by Gasteiger charge is 2.31. The summed E-state index contributed by atoms with van der Waals surface area (Å²) in [5.74, 6) is 1.33. The second-order valence-electron chi connectivity index (χ2n) is 9.56. The molecule has 0 amide bonds. The lowest BCUT2D eigenvalue weighted by Crippen LogP contribution is -2.36. The van der Waals surface area contributed by atoms with Gasteiger partial charge in [-0.2, -0.15) is 0 Å². The standard InChI is InChI=1S/C20H42O2/c1-16(2)17(3)19(6,7)15-22-20(8,9)12-10-11-18(4,5)13-14-21/h16-17,21H,10-15H2,1-9H3/t17-/m1/s1. The Bertz CT molecular complexity index is 303. The van der Waals surface area contributed by atoms with Crippen molar-refractivity contribution in [1.29, 1.82) is 0 Å². The molecule has 0 fully saturated rings. The molecule has 0 saturated carbocycles. The minimum atomic E-state index is -0.0662. The molecule has 0 bridgehead atoms. The number of aliphatic hydroxyl groups excluding tert-OH is 1. The molecule has 0 spiro atoms. The van der Waals surface area contributed by atoms with Crippen LogP contribution in [0.15, 0.2) is 0 Å². The van der Waals surface area contributed by atoms with E-state index < -0.39 is 0 Å². The van der Waals surface area contributed by atoms with Crippen LogP contribution in [0.2, 0.25) is 0 Å². The molecule has 0 radical (unpaired) electrons. The number of ether oxygens (including phenoxy) is 1. The fraction of sp³-hybridized carbons (Fsp3) is 1.00. The Labute approximate surface area is 140 Å². The van der Waals surface area contributed by atoms with Crippen molar-refractivity contribution in [2.24, 2.45) is 22.7 Å². The summed E-state index contributed by atoms with van der Waals surface area (Å²) in [6, 6.07) is 0. The first-order chi connectivity index (χ1) is 9.83. The first-order valence-corrected chi connectivity index (χ1v) is 9.08. The molecule has 1 N–H and O–H groups in total. The van der Waals surface area contributed by atoms with Crippen molar-refractivity contribution < 1.29 is 9.84 Å². The monoisotopic (exact) mass is 314 g/mol. The fourth-order valence-electron chi connectivity index (χ4n) is 2.91. The van der Waals surface area contributed by atoms with Gasteiger partial charge in [0.1, 0.15) is 0 Å². The van der Waals surface area contributed by atoms with Crippen LogP contribution in [0.4, 0.5) is 0 Å². The van der Waals surface area contributed by atoms with E-state index in [0.29, 0.717) is 11.8 Å². The molecule has 0 aromatic heterocycles. The minimum Gasteiger partial charge on any atom is -0.396 e. The molecule has 22 heavy (non-hydrogen) atoms. The summed E-state index contributed by atoms with van der Waals surface area (Å²) in [5.41, 5.74) is 0.376. The van der Waals surface area contributed by atoms with Gasteiger partial charge in [-0.3, -0.25) is 0 Å². The van der Waals surface area contributed by atoms with Crippen LogP contribution in [0.3, 0.4) is 0 Å². The van der Waals surface area contributed by atoms with E-state index in [1.807, 2.05) is 0 Å². The van der Waals surface area contributed by atoms with Crippen molar-refractivity contribution in [2.75, 3.05) is 13.2 Å². The summed E-state index contributed by atoms with van der Waals surface area (Å²) >= 11 is 0. The number of rotatable bonds is 11. The van der Waals surface area contributed by atoms with Crippen LogP contribution in [0.5, 0.6) is 0 Å². The average Bonchev–Trinajstić information content (AvgIpc) is 2.35. The van der Waals surface area contributed by atoms with Crippen molar-refractivity contribution in [3.63, 3.8) is 0 Å². The van der Waals surface area contributed by atoms with Crippen LogP contribution >= 0.6 is 0 Å². The van der Waals surface area contributed by atoms with Gasteiger partial charge in [-0.25, -0.2) is 0 Å². The number of hydrogen-bond acceptors (Lipinski definition) is 2. The Kier molecular flexibility index (Phi) is 8.65. The van der Waals surface area contributed by atoms with E-state index in [9.17, 15) is 0 Å². The molecule has 0 aliphatic rings. The highest BCUT2D eigenvalue weighted by atomic mass is 16.5. The Morgan fingerprint density at radius 1 is 0.864 bits per heavy atom. The van der Waals surface area contributed by atoms with E-state index in [2.05, 4.69) is 62.3 Å². The van der Waals surface area contributed by atoms with Gasteiger partial charge in [0, 0.05) is 6.61 Å². The van der Waals surface area contributed by atoms with E-state index in [0.717, 1.165) is 32.3 Å². The maximum atomic E-state index is 9.11. The second-order valence-corrected chi connectivity index (χ2v) is 9.56. The van der Waals surface area contributed by atoms with Crippen LogP contribution in [-0.2, 0) is 4.74 Å². The summed E-state index contributed by atoms with van der Waals surface area (Å²) in [7, 11) is 0. The summed E-state index contributed by atoms with van der Waals surface area (Å²) in [6.07, 6.45) is 4.26. The average molecular weight is 315 g/mol. The number of hydrogen-bond donors (Lipinski definition) is 1. The highest BCUT2D eigenvalue weighted by Crippen LogP contribution is 2.35. The largest absolute Gasteiger partial charge is 0.396 e. The van der Waals surface area contributed by atoms with E-state index in [1.165, 1.54) is 0 Å². The van der Waals surface area contributed by atoms with Gasteiger partial charge in [-0.1, -0.05) is 54.9 Å². The molecule has 0 heterocycles. The predicted octanol–water partition coefficient (Wildman–Crippen LogP) is 5.68. The lowest BCUT2D eigenvalue weighted by molar-refractivity contribution is -0.0780. The summed E-state index contributed by atoms with van der Waals surface area (Å²) in [5, 5.41) is 9.11. The van der Waals surface area contributed by atoms with Gasteiger partial charge >= 0.3 is 0 Å². The Hall–Kier alpha value is -0.0800. The third-order valence-electron chi connectivity index (χ3n) is 5.49. The Morgan fingerprint density at radius 3 is 1.86 bits per heavy atom. The molecule has 0 aliphatic heterocycles. The van der Waals surface area contributed by atoms with Crippen LogP contribution in [0.1, 0.15) is 88.0 Å². The predicted molar refractivity (Wildman–Crippen MR) is 97.1 cm³/mol. The molecule has 1 atom stereocenters.